The summed E-state index contributed by atoms with van der Waals surface area (Å²) in [4.78, 5) is 15.3. The molecular weight excluding hydrogens is 266 g/mol. The minimum absolute atomic E-state index is 0.142. The first kappa shape index (κ1) is 13.4. The molecule has 6 nitrogen and oxygen atoms in total. The van der Waals surface area contributed by atoms with Gasteiger partial charge in [0, 0.05) is 0 Å². The van der Waals surface area contributed by atoms with Crippen LogP contribution in [0.25, 0.3) is 11.2 Å². The zero-order valence-corrected chi connectivity index (χ0v) is 12.2. The molecular formula is C15H17N5O. The van der Waals surface area contributed by atoms with Crippen molar-refractivity contribution in [1.29, 1.82) is 0 Å². The molecule has 0 saturated heterocycles. The average Bonchev–Trinajstić information content (AvgIpc) is 2.86. The van der Waals surface area contributed by atoms with Crippen molar-refractivity contribution in [2.75, 3.05) is 5.73 Å². The minimum Gasteiger partial charge on any atom is -0.437 e. The van der Waals surface area contributed by atoms with Gasteiger partial charge in [0.2, 0.25) is 5.95 Å². The fraction of sp³-hybridized carbons (Fsp3) is 0.267. The van der Waals surface area contributed by atoms with Crippen molar-refractivity contribution < 1.29 is 4.74 Å². The molecule has 0 aliphatic heterocycles. The molecule has 108 valence electrons. The van der Waals surface area contributed by atoms with Crippen molar-refractivity contribution in [3.8, 4) is 11.6 Å². The minimum atomic E-state index is 0.142. The Morgan fingerprint density at radius 1 is 1.24 bits per heavy atom. The van der Waals surface area contributed by atoms with Crippen LogP contribution in [0, 0.1) is 6.92 Å². The summed E-state index contributed by atoms with van der Waals surface area (Å²) in [5.74, 6) is 1.65. The van der Waals surface area contributed by atoms with Gasteiger partial charge in [0.15, 0.2) is 5.65 Å². The van der Waals surface area contributed by atoms with Crippen LogP contribution in [0.4, 0.5) is 5.95 Å². The van der Waals surface area contributed by atoms with Crippen LogP contribution < -0.4 is 10.5 Å². The van der Waals surface area contributed by atoms with Crippen LogP contribution >= 0.6 is 0 Å². The molecule has 0 atom stereocenters. The third-order valence-corrected chi connectivity index (χ3v) is 3.27. The third-order valence-electron chi connectivity index (χ3n) is 3.27. The van der Waals surface area contributed by atoms with Gasteiger partial charge >= 0.3 is 0 Å². The Balaban J connectivity index is 2.10. The molecule has 0 aliphatic rings. The number of H-pyrrole nitrogens is 1. The highest BCUT2D eigenvalue weighted by molar-refractivity contribution is 5.77. The van der Waals surface area contributed by atoms with E-state index in [-0.39, 0.29) is 5.95 Å². The summed E-state index contributed by atoms with van der Waals surface area (Å²) in [6, 6.07) is 6.14. The highest BCUT2D eigenvalue weighted by atomic mass is 16.5. The van der Waals surface area contributed by atoms with E-state index >= 15 is 0 Å². The normalized spacial score (nSPS) is 11.2. The molecule has 6 heteroatoms. The van der Waals surface area contributed by atoms with Crippen LogP contribution in [-0.4, -0.2) is 19.9 Å². The molecule has 21 heavy (non-hydrogen) atoms. The van der Waals surface area contributed by atoms with Gasteiger partial charge in [-0.1, -0.05) is 26.0 Å². The first-order valence-corrected chi connectivity index (χ1v) is 6.79. The van der Waals surface area contributed by atoms with Crippen LogP contribution in [0.3, 0.4) is 0 Å². The van der Waals surface area contributed by atoms with Gasteiger partial charge in [0.05, 0.1) is 6.33 Å². The Labute approximate surface area is 122 Å². The Kier molecular flexibility index (Phi) is 3.21. The number of aromatic amines is 1. The summed E-state index contributed by atoms with van der Waals surface area (Å²) in [5.41, 5.74) is 9.08. The molecule has 0 amide bonds. The number of fused-ring (bicyclic) bond motifs is 1. The Hall–Kier alpha value is -2.63. The number of nitrogens with one attached hydrogen (secondary N) is 1. The van der Waals surface area contributed by atoms with E-state index in [0.717, 1.165) is 16.9 Å². The van der Waals surface area contributed by atoms with E-state index in [4.69, 9.17) is 10.5 Å². The molecule has 0 spiro atoms. The second-order valence-corrected chi connectivity index (χ2v) is 5.29. The van der Waals surface area contributed by atoms with E-state index in [1.807, 2.05) is 13.0 Å². The number of nitrogens with zero attached hydrogens (tertiary/aromatic N) is 3. The fourth-order valence-corrected chi connectivity index (χ4v) is 2.21. The summed E-state index contributed by atoms with van der Waals surface area (Å²) in [6.45, 7) is 6.27. The van der Waals surface area contributed by atoms with E-state index in [0.29, 0.717) is 23.0 Å². The summed E-state index contributed by atoms with van der Waals surface area (Å²) in [6.07, 6.45) is 1.55. The molecule has 3 rings (SSSR count). The van der Waals surface area contributed by atoms with Crippen LogP contribution in [0.5, 0.6) is 11.6 Å². The number of nitrogens with two attached hydrogens (primary N) is 1. The van der Waals surface area contributed by atoms with Gasteiger partial charge in [-0.15, -0.1) is 0 Å². The number of ether oxygens (including phenoxy) is 1. The van der Waals surface area contributed by atoms with Crippen molar-refractivity contribution in [3.05, 3.63) is 35.7 Å². The van der Waals surface area contributed by atoms with Crippen molar-refractivity contribution in [3.63, 3.8) is 0 Å². The second kappa shape index (κ2) is 5.05. The fourth-order valence-electron chi connectivity index (χ4n) is 2.21. The van der Waals surface area contributed by atoms with Gasteiger partial charge in [0.25, 0.3) is 5.88 Å². The van der Waals surface area contributed by atoms with Gasteiger partial charge in [-0.3, -0.25) is 0 Å². The highest BCUT2D eigenvalue weighted by Gasteiger charge is 2.14. The van der Waals surface area contributed by atoms with Crippen LogP contribution in [-0.2, 0) is 0 Å². The van der Waals surface area contributed by atoms with Crippen molar-refractivity contribution in [1.82, 2.24) is 19.9 Å². The largest absolute Gasteiger partial charge is 0.437 e. The van der Waals surface area contributed by atoms with Gasteiger partial charge < -0.3 is 15.5 Å². The first-order chi connectivity index (χ1) is 10.0. The van der Waals surface area contributed by atoms with Crippen LogP contribution in [0.1, 0.15) is 30.9 Å². The summed E-state index contributed by atoms with van der Waals surface area (Å²) in [7, 11) is 0. The number of nitrogen functional groups attached to an aromatic ring is 1. The van der Waals surface area contributed by atoms with Gasteiger partial charge in [-0.25, -0.2) is 4.98 Å². The summed E-state index contributed by atoms with van der Waals surface area (Å²) < 4.78 is 6.00. The standard InChI is InChI=1S/C15H17N5O/c1-8(2)10-5-4-9(3)6-11(10)21-14-12-13(18-7-17-12)19-15(16)20-14/h4-8H,1-3H3,(H3,16,17,18,19,20). The molecule has 0 radical (unpaired) electrons. The predicted octanol–water partition coefficient (Wildman–Crippen LogP) is 3.16. The lowest BCUT2D eigenvalue weighted by Crippen LogP contribution is -2.00. The number of hydrogen-bond donors (Lipinski definition) is 2. The number of aromatic nitrogens is 4. The van der Waals surface area contributed by atoms with Crippen molar-refractivity contribution in [2.24, 2.45) is 0 Å². The Morgan fingerprint density at radius 2 is 2.05 bits per heavy atom. The first-order valence-electron chi connectivity index (χ1n) is 6.79. The topological polar surface area (TPSA) is 89.7 Å². The second-order valence-electron chi connectivity index (χ2n) is 5.29. The number of imidazole rings is 1. The molecule has 2 heterocycles. The number of hydrogen-bond acceptors (Lipinski definition) is 5. The van der Waals surface area contributed by atoms with E-state index < -0.39 is 0 Å². The predicted molar refractivity (Wildman–Crippen MR) is 81.4 cm³/mol. The van der Waals surface area contributed by atoms with Gasteiger partial charge in [0.1, 0.15) is 11.3 Å². The zero-order chi connectivity index (χ0) is 15.0. The molecule has 0 bridgehead atoms. The maximum atomic E-state index is 6.00. The van der Waals surface area contributed by atoms with E-state index in [1.165, 1.54) is 0 Å². The summed E-state index contributed by atoms with van der Waals surface area (Å²) in [5, 5.41) is 0. The third kappa shape index (κ3) is 2.52. The zero-order valence-electron chi connectivity index (χ0n) is 12.2. The Bertz CT molecular complexity index is 794. The maximum Gasteiger partial charge on any atom is 0.250 e. The van der Waals surface area contributed by atoms with Crippen molar-refractivity contribution >= 4 is 17.1 Å². The molecule has 3 aromatic rings. The number of benzene rings is 1. The smallest absolute Gasteiger partial charge is 0.250 e. The molecule has 0 aliphatic carbocycles. The van der Waals surface area contributed by atoms with Gasteiger partial charge in [-0.05, 0) is 30.0 Å². The Morgan fingerprint density at radius 3 is 2.81 bits per heavy atom. The number of anilines is 1. The SMILES string of the molecule is Cc1ccc(C(C)C)c(Oc2nc(N)nc3nc[nH]c23)c1. The van der Waals surface area contributed by atoms with Crippen LogP contribution in [0.15, 0.2) is 24.5 Å². The number of rotatable bonds is 3. The molecule has 0 unspecified atom stereocenters. The monoisotopic (exact) mass is 283 g/mol. The van der Waals surface area contributed by atoms with Crippen molar-refractivity contribution in [2.45, 2.75) is 26.7 Å². The molecule has 0 saturated carbocycles. The lowest BCUT2D eigenvalue weighted by Gasteiger charge is -2.14. The lowest BCUT2D eigenvalue weighted by molar-refractivity contribution is 0.459. The molecule has 0 fully saturated rings. The summed E-state index contributed by atoms with van der Waals surface area (Å²) >= 11 is 0. The molecule has 1 aromatic carbocycles. The van der Waals surface area contributed by atoms with E-state index in [9.17, 15) is 0 Å². The average molecular weight is 283 g/mol. The molecule has 3 N–H and O–H groups in total. The van der Waals surface area contributed by atoms with Gasteiger partial charge in [-0.2, -0.15) is 9.97 Å². The lowest BCUT2D eigenvalue weighted by atomic mass is 10.0. The maximum absolute atomic E-state index is 6.00. The highest BCUT2D eigenvalue weighted by Crippen LogP contribution is 2.32. The van der Waals surface area contributed by atoms with E-state index in [2.05, 4.69) is 45.9 Å². The van der Waals surface area contributed by atoms with Crippen LogP contribution in [0.2, 0.25) is 0 Å². The number of aryl methyl sites for hydroxylation is 1. The molecule has 2 aromatic heterocycles. The quantitative estimate of drug-likeness (QED) is 0.770. The van der Waals surface area contributed by atoms with E-state index in [1.54, 1.807) is 6.33 Å².